The molecule has 0 heterocycles. The van der Waals surface area contributed by atoms with Crippen LogP contribution in [0.4, 0.5) is 4.39 Å². The van der Waals surface area contributed by atoms with Crippen molar-refractivity contribution in [3.05, 3.63) is 101 Å². The average molecular weight is 553 g/mol. The number of nitrogens with zero attached hydrogens (tertiary/aromatic N) is 1. The molecule has 2 amide bonds. The van der Waals surface area contributed by atoms with E-state index < -0.39 is 6.04 Å². The maximum atomic E-state index is 13.8. The van der Waals surface area contributed by atoms with Gasteiger partial charge in [-0.1, -0.05) is 73.3 Å². The number of rotatable bonds is 11. The van der Waals surface area contributed by atoms with Crippen molar-refractivity contribution >= 4 is 35.2 Å². The van der Waals surface area contributed by atoms with E-state index in [4.69, 9.17) is 11.6 Å². The highest BCUT2D eigenvalue weighted by molar-refractivity contribution is 7.99. The summed E-state index contributed by atoms with van der Waals surface area (Å²) in [6.07, 6.45) is 6.02. The molecule has 4 rings (SSSR count). The largest absolute Gasteiger partial charge is 0.352 e. The van der Waals surface area contributed by atoms with Crippen LogP contribution in [-0.2, 0) is 22.6 Å². The Bertz CT molecular complexity index is 1170. The summed E-state index contributed by atoms with van der Waals surface area (Å²) in [6, 6.07) is 22.9. The highest BCUT2D eigenvalue weighted by Crippen LogP contribution is 2.23. The van der Waals surface area contributed by atoms with E-state index in [1.807, 2.05) is 54.6 Å². The topological polar surface area (TPSA) is 49.4 Å². The molecule has 200 valence electrons. The molecule has 1 saturated carbocycles. The number of hydrogen-bond acceptors (Lipinski definition) is 3. The fourth-order valence-electron chi connectivity index (χ4n) is 4.82. The van der Waals surface area contributed by atoms with Gasteiger partial charge in [0.1, 0.15) is 11.9 Å². The molecule has 7 heteroatoms. The summed E-state index contributed by atoms with van der Waals surface area (Å²) in [6.45, 7) is 0.236. The summed E-state index contributed by atoms with van der Waals surface area (Å²) in [5, 5.41) is 3.92. The van der Waals surface area contributed by atoms with Gasteiger partial charge < -0.3 is 10.2 Å². The fourth-order valence-corrected chi connectivity index (χ4v) is 5.78. The van der Waals surface area contributed by atoms with E-state index in [1.54, 1.807) is 28.8 Å². The van der Waals surface area contributed by atoms with Gasteiger partial charge in [-0.15, -0.1) is 11.8 Å². The SMILES string of the molecule is O=C(NC1CCCCC1)[C@H](Cc1ccccc1)N(Cc1ccc(F)cc1)C(=O)CCSc1ccc(Cl)cc1. The molecular formula is C31H34ClFN2O2S. The second kappa shape index (κ2) is 14.4. The molecule has 3 aromatic carbocycles. The molecule has 0 bridgehead atoms. The van der Waals surface area contributed by atoms with E-state index in [9.17, 15) is 14.0 Å². The second-order valence-corrected chi connectivity index (χ2v) is 11.4. The number of thioether (sulfide) groups is 1. The van der Waals surface area contributed by atoms with Gasteiger partial charge in [-0.25, -0.2) is 4.39 Å². The van der Waals surface area contributed by atoms with Gasteiger partial charge in [-0.3, -0.25) is 9.59 Å². The van der Waals surface area contributed by atoms with Crippen LogP contribution < -0.4 is 5.32 Å². The number of amides is 2. The molecular weight excluding hydrogens is 519 g/mol. The number of halogens is 2. The van der Waals surface area contributed by atoms with Crippen LogP contribution in [0.1, 0.15) is 49.7 Å². The van der Waals surface area contributed by atoms with Gasteiger partial charge in [0.25, 0.3) is 0 Å². The van der Waals surface area contributed by atoms with Crippen molar-refractivity contribution in [1.82, 2.24) is 10.2 Å². The van der Waals surface area contributed by atoms with E-state index in [0.717, 1.165) is 41.7 Å². The lowest BCUT2D eigenvalue weighted by molar-refractivity contribution is -0.141. The Morgan fingerprint density at radius 3 is 2.29 bits per heavy atom. The van der Waals surface area contributed by atoms with Crippen molar-refractivity contribution in [2.45, 2.75) is 68.5 Å². The third kappa shape index (κ3) is 8.60. The third-order valence-electron chi connectivity index (χ3n) is 6.89. The van der Waals surface area contributed by atoms with Gasteiger partial charge in [0, 0.05) is 41.1 Å². The van der Waals surface area contributed by atoms with Crippen molar-refractivity contribution in [2.24, 2.45) is 0 Å². The summed E-state index contributed by atoms with van der Waals surface area (Å²) in [5.74, 6) is 0.0156. The van der Waals surface area contributed by atoms with Gasteiger partial charge in [0.15, 0.2) is 0 Å². The first-order valence-corrected chi connectivity index (χ1v) is 14.6. The quantitative estimate of drug-likeness (QED) is 0.259. The molecule has 1 atom stereocenters. The Kier molecular flexibility index (Phi) is 10.6. The first-order valence-electron chi connectivity index (χ1n) is 13.2. The van der Waals surface area contributed by atoms with Crippen LogP contribution in [0.2, 0.25) is 5.02 Å². The zero-order chi connectivity index (χ0) is 26.7. The van der Waals surface area contributed by atoms with Gasteiger partial charge in [-0.2, -0.15) is 0 Å². The maximum Gasteiger partial charge on any atom is 0.243 e. The maximum absolute atomic E-state index is 13.8. The summed E-state index contributed by atoms with van der Waals surface area (Å²) in [7, 11) is 0. The normalized spacial score (nSPS) is 14.6. The molecule has 1 aliphatic carbocycles. The third-order valence-corrected chi connectivity index (χ3v) is 8.15. The number of nitrogens with one attached hydrogen (secondary N) is 1. The Morgan fingerprint density at radius 1 is 0.921 bits per heavy atom. The standard InChI is InChI=1S/C31H34ClFN2O2S/c32-25-13-17-28(18-14-25)38-20-19-30(36)35(22-24-11-15-26(33)16-12-24)29(21-23-7-3-1-4-8-23)31(37)34-27-9-5-2-6-10-27/h1,3-4,7-8,11-18,27,29H,2,5-6,9-10,19-22H2,(H,34,37)/t29-/m0/s1. The van der Waals surface area contributed by atoms with E-state index in [-0.39, 0.29) is 36.6 Å². The summed E-state index contributed by atoms with van der Waals surface area (Å²) in [4.78, 5) is 30.2. The minimum absolute atomic E-state index is 0.101. The fraction of sp³-hybridized carbons (Fsp3) is 0.355. The molecule has 1 fully saturated rings. The van der Waals surface area contributed by atoms with Crippen molar-refractivity contribution in [3.63, 3.8) is 0 Å². The Balaban J connectivity index is 1.55. The van der Waals surface area contributed by atoms with Crippen LogP contribution in [0.3, 0.4) is 0 Å². The molecule has 0 radical (unpaired) electrons. The van der Waals surface area contributed by atoms with Gasteiger partial charge >= 0.3 is 0 Å². The Hall–Kier alpha value is -2.83. The molecule has 38 heavy (non-hydrogen) atoms. The van der Waals surface area contributed by atoms with Crippen LogP contribution in [0, 0.1) is 5.82 Å². The molecule has 0 unspecified atom stereocenters. The summed E-state index contributed by atoms with van der Waals surface area (Å²) in [5.41, 5.74) is 1.78. The monoisotopic (exact) mass is 552 g/mol. The predicted octanol–water partition coefficient (Wildman–Crippen LogP) is 7.05. The lowest BCUT2D eigenvalue weighted by Gasteiger charge is -2.33. The van der Waals surface area contributed by atoms with E-state index in [1.165, 1.54) is 18.6 Å². The van der Waals surface area contributed by atoms with Crippen molar-refractivity contribution in [1.29, 1.82) is 0 Å². The zero-order valence-corrected chi connectivity index (χ0v) is 23.0. The Morgan fingerprint density at radius 2 is 1.61 bits per heavy atom. The van der Waals surface area contributed by atoms with Crippen LogP contribution >= 0.6 is 23.4 Å². The lowest BCUT2D eigenvalue weighted by Crippen LogP contribution is -2.52. The number of benzene rings is 3. The first-order chi connectivity index (χ1) is 18.5. The zero-order valence-electron chi connectivity index (χ0n) is 21.5. The van der Waals surface area contributed by atoms with Crippen LogP contribution in [0.25, 0.3) is 0 Å². The van der Waals surface area contributed by atoms with E-state index in [2.05, 4.69) is 5.32 Å². The molecule has 0 spiro atoms. The highest BCUT2D eigenvalue weighted by atomic mass is 35.5. The number of carbonyl (C=O) groups excluding carboxylic acids is 2. The molecule has 0 aromatic heterocycles. The van der Waals surface area contributed by atoms with Crippen LogP contribution in [0.15, 0.2) is 83.8 Å². The molecule has 4 nitrogen and oxygen atoms in total. The molecule has 3 aromatic rings. The predicted molar refractivity (Wildman–Crippen MR) is 153 cm³/mol. The van der Waals surface area contributed by atoms with E-state index in [0.29, 0.717) is 17.2 Å². The highest BCUT2D eigenvalue weighted by Gasteiger charge is 2.31. The second-order valence-electron chi connectivity index (χ2n) is 9.75. The molecule has 0 saturated heterocycles. The smallest absolute Gasteiger partial charge is 0.243 e. The van der Waals surface area contributed by atoms with Gasteiger partial charge in [0.2, 0.25) is 11.8 Å². The Labute approximate surface area is 234 Å². The number of carbonyl (C=O) groups is 2. The van der Waals surface area contributed by atoms with Crippen LogP contribution in [0.5, 0.6) is 0 Å². The van der Waals surface area contributed by atoms with Crippen molar-refractivity contribution < 1.29 is 14.0 Å². The molecule has 1 N–H and O–H groups in total. The van der Waals surface area contributed by atoms with E-state index >= 15 is 0 Å². The lowest BCUT2D eigenvalue weighted by atomic mass is 9.94. The molecule has 0 aliphatic heterocycles. The average Bonchev–Trinajstić information content (AvgIpc) is 2.94. The first kappa shape index (κ1) is 28.2. The van der Waals surface area contributed by atoms with Crippen molar-refractivity contribution in [2.75, 3.05) is 5.75 Å². The van der Waals surface area contributed by atoms with Crippen LogP contribution in [-0.4, -0.2) is 34.6 Å². The minimum atomic E-state index is -0.669. The summed E-state index contributed by atoms with van der Waals surface area (Å²) >= 11 is 7.57. The van der Waals surface area contributed by atoms with Crippen molar-refractivity contribution in [3.8, 4) is 0 Å². The summed E-state index contributed by atoms with van der Waals surface area (Å²) < 4.78 is 13.6. The minimum Gasteiger partial charge on any atom is -0.352 e. The van der Waals surface area contributed by atoms with Gasteiger partial charge in [-0.05, 0) is 60.4 Å². The number of hydrogen-bond donors (Lipinski definition) is 1. The molecule has 1 aliphatic rings. The van der Waals surface area contributed by atoms with Gasteiger partial charge in [0.05, 0.1) is 0 Å².